The van der Waals surface area contributed by atoms with Crippen LogP contribution in [0.4, 0.5) is 10.5 Å². The second-order valence-corrected chi connectivity index (χ2v) is 8.44. The Kier molecular flexibility index (Phi) is 6.60. The molecule has 0 radical (unpaired) electrons. The normalized spacial score (nSPS) is 14.5. The van der Waals surface area contributed by atoms with Crippen LogP contribution in [-0.2, 0) is 10.2 Å². The molecule has 2 amide bonds. The first-order chi connectivity index (χ1) is 11.3. The van der Waals surface area contributed by atoms with Crippen molar-refractivity contribution >= 4 is 17.7 Å². The van der Waals surface area contributed by atoms with Crippen LogP contribution in [0, 0.1) is 5.41 Å². The Morgan fingerprint density at radius 1 is 1.04 bits per heavy atom. The Morgan fingerprint density at radius 2 is 1.56 bits per heavy atom. The molecule has 140 valence electrons. The molecule has 0 heterocycles. The van der Waals surface area contributed by atoms with Crippen LogP contribution in [0.15, 0.2) is 24.3 Å². The molecule has 0 saturated carbocycles. The number of carboxylic acid groups (broad SMARTS) is 1. The average Bonchev–Trinajstić information content (AvgIpc) is 2.44. The maximum atomic E-state index is 12.4. The summed E-state index contributed by atoms with van der Waals surface area (Å²) < 4.78 is 0. The third kappa shape index (κ3) is 6.74. The Balaban J connectivity index is 2.86. The van der Waals surface area contributed by atoms with E-state index in [1.54, 1.807) is 12.1 Å². The van der Waals surface area contributed by atoms with Crippen LogP contribution in [-0.4, -0.2) is 34.4 Å². The summed E-state index contributed by atoms with van der Waals surface area (Å²) in [5, 5.41) is 24.1. The molecule has 25 heavy (non-hydrogen) atoms. The highest BCUT2D eigenvalue weighted by Crippen LogP contribution is 2.25. The molecule has 0 spiro atoms. The minimum Gasteiger partial charge on any atom is -0.465 e. The van der Waals surface area contributed by atoms with Gasteiger partial charge in [0.1, 0.15) is 6.04 Å². The first kappa shape index (κ1) is 21.0. The molecule has 0 fully saturated rings. The molecular weight excluding hydrogens is 320 g/mol. The van der Waals surface area contributed by atoms with Crippen LogP contribution < -0.4 is 10.6 Å². The van der Waals surface area contributed by atoms with E-state index in [9.17, 15) is 14.7 Å². The number of nitrogens with one attached hydrogen (secondary N) is 2. The van der Waals surface area contributed by atoms with Crippen LogP contribution in [0.5, 0.6) is 0 Å². The zero-order chi connectivity index (χ0) is 19.4. The molecule has 0 aromatic heterocycles. The Labute approximate surface area is 149 Å². The largest absolute Gasteiger partial charge is 0.465 e. The third-order valence-electron chi connectivity index (χ3n) is 4.09. The molecule has 1 rings (SSSR count). The van der Waals surface area contributed by atoms with Gasteiger partial charge in [0, 0.05) is 12.1 Å². The highest BCUT2D eigenvalue weighted by atomic mass is 16.4. The lowest BCUT2D eigenvalue weighted by Crippen LogP contribution is -2.47. The van der Waals surface area contributed by atoms with Crippen LogP contribution in [0.3, 0.4) is 0 Å². The fourth-order valence-corrected chi connectivity index (χ4v) is 2.24. The molecule has 2 atom stereocenters. The summed E-state index contributed by atoms with van der Waals surface area (Å²) in [6, 6.07) is 6.40. The fourth-order valence-electron chi connectivity index (χ4n) is 2.24. The predicted molar refractivity (Wildman–Crippen MR) is 98.8 cm³/mol. The van der Waals surface area contributed by atoms with Crippen LogP contribution >= 0.6 is 0 Å². The molecule has 0 aliphatic rings. The Bertz CT molecular complexity index is 597. The van der Waals surface area contributed by atoms with Crippen molar-refractivity contribution < 1.29 is 19.8 Å². The van der Waals surface area contributed by atoms with Crippen LogP contribution in [0.2, 0.25) is 0 Å². The van der Waals surface area contributed by atoms with Gasteiger partial charge in [-0.3, -0.25) is 4.79 Å². The van der Waals surface area contributed by atoms with Gasteiger partial charge < -0.3 is 20.8 Å². The first-order valence-corrected chi connectivity index (χ1v) is 8.39. The van der Waals surface area contributed by atoms with Crippen LogP contribution in [0.1, 0.15) is 53.5 Å². The highest BCUT2D eigenvalue weighted by molar-refractivity contribution is 5.96. The number of carbonyl (C=O) groups excluding carboxylic acids is 1. The van der Waals surface area contributed by atoms with Crippen molar-refractivity contribution in [2.45, 2.75) is 65.5 Å². The van der Waals surface area contributed by atoms with Crippen molar-refractivity contribution in [2.24, 2.45) is 5.41 Å². The minimum atomic E-state index is -1.30. The van der Waals surface area contributed by atoms with Gasteiger partial charge in [-0.15, -0.1) is 0 Å². The number of amides is 2. The van der Waals surface area contributed by atoms with Crippen molar-refractivity contribution in [1.82, 2.24) is 5.32 Å². The molecule has 4 N–H and O–H groups in total. The van der Waals surface area contributed by atoms with Crippen molar-refractivity contribution in [1.29, 1.82) is 0 Å². The molecule has 1 unspecified atom stereocenters. The SMILES string of the molecule is CC(C)(C)c1ccc(NC(=O)[C@H](CC(O)C(C)(C)C)NC(=O)O)cc1. The van der Waals surface area contributed by atoms with E-state index in [1.807, 2.05) is 32.9 Å². The fraction of sp³-hybridized carbons (Fsp3) is 0.579. The van der Waals surface area contributed by atoms with Gasteiger partial charge in [0.05, 0.1) is 6.10 Å². The second-order valence-electron chi connectivity index (χ2n) is 8.44. The van der Waals surface area contributed by atoms with E-state index in [-0.39, 0.29) is 11.8 Å². The number of hydrogen-bond acceptors (Lipinski definition) is 3. The molecule has 6 heteroatoms. The summed E-state index contributed by atoms with van der Waals surface area (Å²) in [6.45, 7) is 11.8. The molecular formula is C19H30N2O4. The highest BCUT2D eigenvalue weighted by Gasteiger charge is 2.30. The van der Waals surface area contributed by atoms with Gasteiger partial charge in [-0.25, -0.2) is 4.79 Å². The van der Waals surface area contributed by atoms with Gasteiger partial charge in [-0.05, 0) is 28.5 Å². The third-order valence-corrected chi connectivity index (χ3v) is 4.09. The van der Waals surface area contributed by atoms with Gasteiger partial charge in [0.2, 0.25) is 5.91 Å². The Hall–Kier alpha value is -2.08. The number of anilines is 1. The first-order valence-electron chi connectivity index (χ1n) is 8.39. The topological polar surface area (TPSA) is 98.7 Å². The molecule has 0 bridgehead atoms. The van der Waals surface area contributed by atoms with Gasteiger partial charge in [0.25, 0.3) is 0 Å². The van der Waals surface area contributed by atoms with Gasteiger partial charge in [-0.2, -0.15) is 0 Å². The Morgan fingerprint density at radius 3 is 1.96 bits per heavy atom. The quantitative estimate of drug-likeness (QED) is 0.654. The number of benzene rings is 1. The van der Waals surface area contributed by atoms with Crippen molar-refractivity contribution in [3.8, 4) is 0 Å². The van der Waals surface area contributed by atoms with Crippen molar-refractivity contribution in [3.05, 3.63) is 29.8 Å². The van der Waals surface area contributed by atoms with Crippen molar-refractivity contribution in [2.75, 3.05) is 5.32 Å². The number of aliphatic hydroxyl groups is 1. The molecule has 6 nitrogen and oxygen atoms in total. The summed E-state index contributed by atoms with van der Waals surface area (Å²) in [5.41, 5.74) is 1.27. The monoisotopic (exact) mass is 350 g/mol. The van der Waals surface area contributed by atoms with E-state index in [1.165, 1.54) is 0 Å². The maximum Gasteiger partial charge on any atom is 0.405 e. The smallest absolute Gasteiger partial charge is 0.405 e. The number of rotatable bonds is 5. The average molecular weight is 350 g/mol. The molecule has 1 aromatic carbocycles. The summed E-state index contributed by atoms with van der Waals surface area (Å²) >= 11 is 0. The second kappa shape index (κ2) is 7.87. The van der Waals surface area contributed by atoms with Crippen LogP contribution in [0.25, 0.3) is 0 Å². The van der Waals surface area contributed by atoms with Gasteiger partial charge in [-0.1, -0.05) is 53.7 Å². The van der Waals surface area contributed by atoms with Gasteiger partial charge >= 0.3 is 6.09 Å². The van der Waals surface area contributed by atoms with E-state index in [0.717, 1.165) is 5.56 Å². The standard InChI is InChI=1S/C19H30N2O4/c1-18(2,3)12-7-9-13(10-8-12)20-16(23)14(21-17(24)25)11-15(22)19(4,5)6/h7-10,14-15,21-22H,11H2,1-6H3,(H,20,23)(H,24,25)/t14-,15?/m0/s1. The predicted octanol–water partition coefficient (Wildman–Crippen LogP) is 3.36. The molecule has 0 aliphatic carbocycles. The van der Waals surface area contributed by atoms with Crippen molar-refractivity contribution in [3.63, 3.8) is 0 Å². The molecule has 1 aromatic rings. The van der Waals surface area contributed by atoms with Gasteiger partial charge in [0.15, 0.2) is 0 Å². The lowest BCUT2D eigenvalue weighted by Gasteiger charge is -2.29. The number of carbonyl (C=O) groups is 2. The van der Waals surface area contributed by atoms with E-state index >= 15 is 0 Å². The number of aliphatic hydroxyl groups excluding tert-OH is 1. The lowest BCUT2D eigenvalue weighted by molar-refractivity contribution is -0.119. The molecule has 0 saturated heterocycles. The summed E-state index contributed by atoms with van der Waals surface area (Å²) in [7, 11) is 0. The lowest BCUT2D eigenvalue weighted by atomic mass is 9.85. The number of hydrogen-bond donors (Lipinski definition) is 4. The zero-order valence-corrected chi connectivity index (χ0v) is 15.9. The van der Waals surface area contributed by atoms with E-state index < -0.39 is 29.6 Å². The van der Waals surface area contributed by atoms with E-state index in [2.05, 4.69) is 31.4 Å². The summed E-state index contributed by atoms with van der Waals surface area (Å²) in [6.07, 6.45) is -2.12. The summed E-state index contributed by atoms with van der Waals surface area (Å²) in [4.78, 5) is 23.4. The summed E-state index contributed by atoms with van der Waals surface area (Å²) in [5.74, 6) is -0.491. The van der Waals surface area contributed by atoms with E-state index in [4.69, 9.17) is 5.11 Å². The zero-order valence-electron chi connectivity index (χ0n) is 15.9. The minimum absolute atomic E-state index is 0.00169. The maximum absolute atomic E-state index is 12.4. The molecule has 0 aliphatic heterocycles. The van der Waals surface area contributed by atoms with E-state index in [0.29, 0.717) is 5.69 Å².